The minimum atomic E-state index is 0.0166. The second-order valence-corrected chi connectivity index (χ2v) is 5.74. The Morgan fingerprint density at radius 2 is 1.76 bits per heavy atom. The molecule has 0 saturated carbocycles. The molecule has 1 heterocycles. The third-order valence-electron chi connectivity index (χ3n) is 3.70. The number of para-hydroxylation sites is 1. The fraction of sp³-hybridized carbons (Fsp3) is 0.600. The first-order valence-electron chi connectivity index (χ1n) is 6.60. The molecule has 2 heteroatoms. The maximum atomic E-state index is 9.96. The highest BCUT2D eigenvalue weighted by atomic mass is 16.3. The van der Waals surface area contributed by atoms with Gasteiger partial charge < -0.3 is 10.0 Å². The predicted molar refractivity (Wildman–Crippen MR) is 71.4 cm³/mol. The van der Waals surface area contributed by atoms with Crippen LogP contribution in [-0.4, -0.2) is 29.6 Å². The van der Waals surface area contributed by atoms with E-state index in [0.29, 0.717) is 5.75 Å². The SMILES string of the molecule is CC(C)(CN1CCCCC1)c1ccccc1O. The summed E-state index contributed by atoms with van der Waals surface area (Å²) >= 11 is 0. The van der Waals surface area contributed by atoms with Gasteiger partial charge in [-0.3, -0.25) is 0 Å². The molecule has 1 aliphatic heterocycles. The Kier molecular flexibility index (Phi) is 3.72. The summed E-state index contributed by atoms with van der Waals surface area (Å²) < 4.78 is 0. The lowest BCUT2D eigenvalue weighted by Gasteiger charge is -2.35. The molecule has 94 valence electrons. The summed E-state index contributed by atoms with van der Waals surface area (Å²) in [4.78, 5) is 2.52. The monoisotopic (exact) mass is 233 g/mol. The van der Waals surface area contributed by atoms with Gasteiger partial charge in [-0.05, 0) is 32.0 Å². The van der Waals surface area contributed by atoms with E-state index >= 15 is 0 Å². The molecular formula is C15H23NO. The molecule has 1 aliphatic rings. The number of nitrogens with zero attached hydrogens (tertiary/aromatic N) is 1. The predicted octanol–water partition coefficient (Wildman–Crippen LogP) is 3.16. The molecule has 0 radical (unpaired) electrons. The number of hydrogen-bond donors (Lipinski definition) is 1. The van der Waals surface area contributed by atoms with E-state index in [-0.39, 0.29) is 5.41 Å². The quantitative estimate of drug-likeness (QED) is 0.867. The average Bonchev–Trinajstić information content (AvgIpc) is 2.30. The Balaban J connectivity index is 2.10. The van der Waals surface area contributed by atoms with Crippen LogP contribution in [0.1, 0.15) is 38.7 Å². The molecule has 0 aromatic heterocycles. The lowest BCUT2D eigenvalue weighted by Crippen LogP contribution is -2.39. The van der Waals surface area contributed by atoms with Crippen molar-refractivity contribution < 1.29 is 5.11 Å². The van der Waals surface area contributed by atoms with Gasteiger partial charge in [-0.15, -0.1) is 0 Å². The molecule has 0 unspecified atom stereocenters. The van der Waals surface area contributed by atoms with Crippen LogP contribution in [0, 0.1) is 0 Å². The number of rotatable bonds is 3. The topological polar surface area (TPSA) is 23.5 Å². The zero-order valence-corrected chi connectivity index (χ0v) is 10.9. The second kappa shape index (κ2) is 5.09. The second-order valence-electron chi connectivity index (χ2n) is 5.74. The number of likely N-dealkylation sites (tertiary alicyclic amines) is 1. The van der Waals surface area contributed by atoms with Gasteiger partial charge in [0, 0.05) is 17.5 Å². The van der Waals surface area contributed by atoms with E-state index in [4.69, 9.17) is 0 Å². The molecular weight excluding hydrogens is 210 g/mol. The lowest BCUT2D eigenvalue weighted by atomic mass is 9.83. The molecule has 17 heavy (non-hydrogen) atoms. The first-order valence-corrected chi connectivity index (χ1v) is 6.60. The van der Waals surface area contributed by atoms with Crippen LogP contribution >= 0.6 is 0 Å². The lowest BCUT2D eigenvalue weighted by molar-refractivity contribution is 0.188. The highest BCUT2D eigenvalue weighted by molar-refractivity contribution is 5.37. The fourth-order valence-corrected chi connectivity index (χ4v) is 2.81. The minimum absolute atomic E-state index is 0.0166. The molecule has 0 spiro atoms. The summed E-state index contributed by atoms with van der Waals surface area (Å²) in [6.45, 7) is 7.88. The van der Waals surface area contributed by atoms with Gasteiger partial charge in [0.2, 0.25) is 0 Å². The van der Waals surface area contributed by atoms with Gasteiger partial charge in [0.1, 0.15) is 5.75 Å². The van der Waals surface area contributed by atoms with Crippen LogP contribution in [0.5, 0.6) is 5.75 Å². The fourth-order valence-electron chi connectivity index (χ4n) is 2.81. The van der Waals surface area contributed by atoms with E-state index in [9.17, 15) is 5.11 Å². The maximum Gasteiger partial charge on any atom is 0.119 e. The van der Waals surface area contributed by atoms with Crippen LogP contribution in [0.3, 0.4) is 0 Å². The average molecular weight is 233 g/mol. The molecule has 0 atom stereocenters. The Morgan fingerprint density at radius 3 is 2.41 bits per heavy atom. The third kappa shape index (κ3) is 3.01. The Hall–Kier alpha value is -1.02. The van der Waals surface area contributed by atoms with Crippen molar-refractivity contribution in [2.45, 2.75) is 38.5 Å². The van der Waals surface area contributed by atoms with Crippen molar-refractivity contribution in [2.75, 3.05) is 19.6 Å². The number of phenolic OH excluding ortho intramolecular Hbond substituents is 1. The van der Waals surface area contributed by atoms with Crippen LogP contribution in [-0.2, 0) is 5.41 Å². The molecule has 1 saturated heterocycles. The van der Waals surface area contributed by atoms with Gasteiger partial charge in [-0.1, -0.05) is 38.5 Å². The first kappa shape index (κ1) is 12.4. The maximum absolute atomic E-state index is 9.96. The van der Waals surface area contributed by atoms with Crippen molar-refractivity contribution in [3.63, 3.8) is 0 Å². The van der Waals surface area contributed by atoms with Gasteiger partial charge in [0.15, 0.2) is 0 Å². The highest BCUT2D eigenvalue weighted by Gasteiger charge is 2.26. The van der Waals surface area contributed by atoms with E-state index in [0.717, 1.165) is 12.1 Å². The highest BCUT2D eigenvalue weighted by Crippen LogP contribution is 2.31. The van der Waals surface area contributed by atoms with E-state index < -0.39 is 0 Å². The molecule has 0 amide bonds. The summed E-state index contributed by atoms with van der Waals surface area (Å²) in [5, 5.41) is 9.96. The smallest absolute Gasteiger partial charge is 0.119 e. The molecule has 0 bridgehead atoms. The number of piperidine rings is 1. The third-order valence-corrected chi connectivity index (χ3v) is 3.70. The molecule has 1 fully saturated rings. The minimum Gasteiger partial charge on any atom is -0.508 e. The Bertz CT molecular complexity index is 367. The zero-order chi connectivity index (χ0) is 12.3. The normalized spacial score (nSPS) is 18.2. The van der Waals surface area contributed by atoms with Crippen molar-refractivity contribution in [1.82, 2.24) is 4.90 Å². The van der Waals surface area contributed by atoms with Crippen LogP contribution in [0.2, 0.25) is 0 Å². The van der Waals surface area contributed by atoms with E-state index in [1.165, 1.54) is 32.4 Å². The van der Waals surface area contributed by atoms with Crippen molar-refractivity contribution in [3.8, 4) is 5.75 Å². The zero-order valence-electron chi connectivity index (χ0n) is 10.9. The summed E-state index contributed by atoms with van der Waals surface area (Å²) in [5.41, 5.74) is 1.08. The molecule has 1 aromatic carbocycles. The molecule has 1 aromatic rings. The van der Waals surface area contributed by atoms with Crippen LogP contribution < -0.4 is 0 Å². The Labute approximate surface area is 104 Å². The van der Waals surface area contributed by atoms with Gasteiger partial charge >= 0.3 is 0 Å². The number of hydrogen-bond acceptors (Lipinski definition) is 2. The van der Waals surface area contributed by atoms with Crippen LogP contribution in [0.4, 0.5) is 0 Å². The van der Waals surface area contributed by atoms with Gasteiger partial charge in [0.25, 0.3) is 0 Å². The Morgan fingerprint density at radius 1 is 1.12 bits per heavy atom. The van der Waals surface area contributed by atoms with E-state index in [2.05, 4.69) is 18.7 Å². The van der Waals surface area contributed by atoms with E-state index in [1.807, 2.05) is 18.2 Å². The molecule has 1 N–H and O–H groups in total. The number of aromatic hydroxyl groups is 1. The van der Waals surface area contributed by atoms with Gasteiger partial charge in [-0.2, -0.15) is 0 Å². The van der Waals surface area contributed by atoms with Crippen molar-refractivity contribution in [2.24, 2.45) is 0 Å². The molecule has 2 nitrogen and oxygen atoms in total. The van der Waals surface area contributed by atoms with Crippen molar-refractivity contribution in [3.05, 3.63) is 29.8 Å². The van der Waals surface area contributed by atoms with Crippen LogP contribution in [0.15, 0.2) is 24.3 Å². The van der Waals surface area contributed by atoms with E-state index in [1.54, 1.807) is 6.07 Å². The molecule has 2 rings (SSSR count). The summed E-state index contributed by atoms with van der Waals surface area (Å²) in [6, 6.07) is 7.72. The van der Waals surface area contributed by atoms with Gasteiger partial charge in [0.05, 0.1) is 0 Å². The van der Waals surface area contributed by atoms with Crippen molar-refractivity contribution in [1.29, 1.82) is 0 Å². The summed E-state index contributed by atoms with van der Waals surface area (Å²) in [6.07, 6.45) is 4.00. The number of phenols is 1. The summed E-state index contributed by atoms with van der Waals surface area (Å²) in [5.74, 6) is 0.425. The number of benzene rings is 1. The van der Waals surface area contributed by atoms with Crippen LogP contribution in [0.25, 0.3) is 0 Å². The van der Waals surface area contributed by atoms with Gasteiger partial charge in [-0.25, -0.2) is 0 Å². The summed E-state index contributed by atoms with van der Waals surface area (Å²) in [7, 11) is 0. The standard InChI is InChI=1S/C15H23NO/c1-15(2,12-16-10-6-3-7-11-16)13-8-4-5-9-14(13)17/h4-5,8-9,17H,3,6-7,10-12H2,1-2H3. The largest absolute Gasteiger partial charge is 0.508 e. The first-order chi connectivity index (χ1) is 8.09. The van der Waals surface area contributed by atoms with Crippen molar-refractivity contribution >= 4 is 0 Å². The molecule has 0 aliphatic carbocycles.